The Labute approximate surface area is 142 Å². The molecule has 1 heterocycles. The smallest absolute Gasteiger partial charge is 0.339 e. The summed E-state index contributed by atoms with van der Waals surface area (Å²) in [5.41, 5.74) is -0.476. The van der Waals surface area contributed by atoms with Gasteiger partial charge in [0, 0.05) is 13.1 Å². The van der Waals surface area contributed by atoms with E-state index in [4.69, 9.17) is 14.3 Å². The molecule has 25 heavy (non-hydrogen) atoms. The fourth-order valence-corrected chi connectivity index (χ4v) is 2.32. The summed E-state index contributed by atoms with van der Waals surface area (Å²) in [6, 6.07) is 5.19. The molecule has 9 nitrogen and oxygen atoms in total. The molecule has 0 unspecified atom stereocenters. The lowest BCUT2D eigenvalue weighted by Crippen LogP contribution is -2.26. The molecule has 2 aromatic rings. The summed E-state index contributed by atoms with van der Waals surface area (Å²) < 4.78 is 10.3. The molecule has 0 atom stereocenters. The Bertz CT molecular complexity index is 841. The Kier molecular flexibility index (Phi) is 5.06. The largest absolute Gasteiger partial charge is 0.497 e. The van der Waals surface area contributed by atoms with Crippen molar-refractivity contribution in [3.05, 3.63) is 57.0 Å². The lowest BCUT2D eigenvalue weighted by molar-refractivity contribution is -0.385. The summed E-state index contributed by atoms with van der Waals surface area (Å²) in [6.07, 6.45) is 0. The van der Waals surface area contributed by atoms with Crippen molar-refractivity contribution in [1.29, 1.82) is 0 Å². The number of nitrogens with zero attached hydrogens (tertiary/aromatic N) is 2. The van der Waals surface area contributed by atoms with Crippen molar-refractivity contribution in [1.82, 2.24) is 4.90 Å². The number of aryl methyl sites for hydroxylation is 1. The molecule has 0 saturated carbocycles. The van der Waals surface area contributed by atoms with Crippen LogP contribution in [-0.2, 0) is 6.54 Å². The minimum absolute atomic E-state index is 0.00297. The second-order valence-electron chi connectivity index (χ2n) is 5.29. The predicted molar refractivity (Wildman–Crippen MR) is 85.9 cm³/mol. The standard InChI is InChI=1S/C16H16N2O7/c1-9-12(16(20)21)7-11(25-9)8-17(2)15(19)13-6-10(24-3)4-5-14(13)18(22)23/h4-7H,8H2,1-3H3,(H,20,21). The molecule has 0 aliphatic rings. The fourth-order valence-electron chi connectivity index (χ4n) is 2.32. The second-order valence-corrected chi connectivity index (χ2v) is 5.29. The number of furan rings is 1. The second kappa shape index (κ2) is 7.04. The number of carboxylic acid groups (broad SMARTS) is 1. The molecule has 0 saturated heterocycles. The van der Waals surface area contributed by atoms with E-state index in [-0.39, 0.29) is 34.9 Å². The highest BCUT2D eigenvalue weighted by Gasteiger charge is 2.25. The van der Waals surface area contributed by atoms with Crippen LogP contribution >= 0.6 is 0 Å². The van der Waals surface area contributed by atoms with Gasteiger partial charge in [-0.1, -0.05) is 0 Å². The Morgan fingerprint density at radius 1 is 1.32 bits per heavy atom. The molecule has 132 valence electrons. The van der Waals surface area contributed by atoms with E-state index in [1.807, 2.05) is 0 Å². The maximum absolute atomic E-state index is 12.6. The van der Waals surface area contributed by atoms with E-state index < -0.39 is 16.8 Å². The van der Waals surface area contributed by atoms with Crippen molar-refractivity contribution in [2.24, 2.45) is 0 Å². The first kappa shape index (κ1) is 18.0. The molecule has 0 aliphatic heterocycles. The van der Waals surface area contributed by atoms with E-state index in [1.165, 1.54) is 50.2 Å². The maximum atomic E-state index is 12.6. The number of nitro benzene ring substituents is 1. The lowest BCUT2D eigenvalue weighted by Gasteiger charge is -2.16. The Morgan fingerprint density at radius 3 is 2.52 bits per heavy atom. The number of aromatic carboxylic acids is 1. The van der Waals surface area contributed by atoms with Gasteiger partial charge in [0.25, 0.3) is 11.6 Å². The molecule has 1 N–H and O–H groups in total. The average molecular weight is 348 g/mol. The van der Waals surface area contributed by atoms with Crippen LogP contribution in [-0.4, -0.2) is 41.0 Å². The summed E-state index contributed by atoms with van der Waals surface area (Å²) in [5, 5.41) is 20.2. The van der Waals surface area contributed by atoms with Crippen LogP contribution in [0, 0.1) is 17.0 Å². The molecule has 1 aromatic carbocycles. The van der Waals surface area contributed by atoms with Crippen LogP contribution in [0.5, 0.6) is 5.75 Å². The zero-order valence-electron chi connectivity index (χ0n) is 13.8. The quantitative estimate of drug-likeness (QED) is 0.628. The molecular weight excluding hydrogens is 332 g/mol. The number of amides is 1. The minimum Gasteiger partial charge on any atom is -0.497 e. The van der Waals surface area contributed by atoms with Crippen LogP contribution in [0.2, 0.25) is 0 Å². The predicted octanol–water partition coefficient (Wildman–Crippen LogP) is 2.48. The Morgan fingerprint density at radius 2 is 2.00 bits per heavy atom. The molecule has 1 aromatic heterocycles. The van der Waals surface area contributed by atoms with Gasteiger partial charge in [0.1, 0.15) is 28.4 Å². The Hall–Kier alpha value is -3.36. The minimum atomic E-state index is -1.13. The van der Waals surface area contributed by atoms with E-state index in [0.29, 0.717) is 5.75 Å². The topological polar surface area (TPSA) is 123 Å². The van der Waals surface area contributed by atoms with Gasteiger partial charge in [0.15, 0.2) is 0 Å². The van der Waals surface area contributed by atoms with Crippen LogP contribution in [0.25, 0.3) is 0 Å². The van der Waals surface area contributed by atoms with E-state index in [9.17, 15) is 19.7 Å². The van der Waals surface area contributed by atoms with Crippen LogP contribution in [0.15, 0.2) is 28.7 Å². The highest BCUT2D eigenvalue weighted by atomic mass is 16.6. The third kappa shape index (κ3) is 3.77. The number of carboxylic acids is 1. The van der Waals surface area contributed by atoms with Crippen molar-refractivity contribution in [2.75, 3.05) is 14.2 Å². The van der Waals surface area contributed by atoms with Gasteiger partial charge in [0.05, 0.1) is 18.6 Å². The molecule has 0 fully saturated rings. The van der Waals surface area contributed by atoms with Gasteiger partial charge in [-0.15, -0.1) is 0 Å². The summed E-state index contributed by atoms with van der Waals surface area (Å²) in [6.45, 7) is 1.46. The van der Waals surface area contributed by atoms with Crippen LogP contribution in [0.1, 0.15) is 32.2 Å². The zero-order chi connectivity index (χ0) is 18.7. The van der Waals surface area contributed by atoms with E-state index in [0.717, 1.165) is 0 Å². The summed E-state index contributed by atoms with van der Waals surface area (Å²) in [4.78, 5) is 35.3. The first-order valence-electron chi connectivity index (χ1n) is 7.15. The van der Waals surface area contributed by atoms with Gasteiger partial charge >= 0.3 is 5.97 Å². The number of carbonyl (C=O) groups is 2. The maximum Gasteiger partial charge on any atom is 0.339 e. The van der Waals surface area contributed by atoms with Crippen molar-refractivity contribution in [3.8, 4) is 5.75 Å². The number of carbonyl (C=O) groups excluding carboxylic acids is 1. The summed E-state index contributed by atoms with van der Waals surface area (Å²) in [7, 11) is 2.82. The van der Waals surface area contributed by atoms with Crippen molar-refractivity contribution >= 4 is 17.6 Å². The van der Waals surface area contributed by atoms with Gasteiger partial charge in [-0.05, 0) is 25.1 Å². The van der Waals surface area contributed by atoms with E-state index in [1.54, 1.807) is 0 Å². The third-order valence-electron chi connectivity index (χ3n) is 3.57. The van der Waals surface area contributed by atoms with Crippen molar-refractivity contribution in [3.63, 3.8) is 0 Å². The van der Waals surface area contributed by atoms with E-state index >= 15 is 0 Å². The average Bonchev–Trinajstić information content (AvgIpc) is 2.93. The molecular formula is C16H16N2O7. The molecule has 0 radical (unpaired) electrons. The first-order chi connectivity index (χ1) is 11.7. The number of methoxy groups -OCH3 is 1. The highest BCUT2D eigenvalue weighted by Crippen LogP contribution is 2.26. The molecule has 0 spiro atoms. The van der Waals surface area contributed by atoms with Crippen molar-refractivity contribution < 1.29 is 28.8 Å². The first-order valence-corrected chi connectivity index (χ1v) is 7.15. The van der Waals surface area contributed by atoms with E-state index in [2.05, 4.69) is 0 Å². The third-order valence-corrected chi connectivity index (χ3v) is 3.57. The molecule has 9 heteroatoms. The number of nitro groups is 1. The number of benzene rings is 1. The Balaban J connectivity index is 2.29. The zero-order valence-corrected chi connectivity index (χ0v) is 13.8. The SMILES string of the molecule is COc1ccc([N+](=O)[O-])c(C(=O)N(C)Cc2cc(C(=O)O)c(C)o2)c1. The van der Waals surface area contributed by atoms with Gasteiger partial charge in [-0.2, -0.15) is 0 Å². The van der Waals surface area contributed by atoms with Crippen LogP contribution in [0.4, 0.5) is 5.69 Å². The number of rotatable bonds is 6. The van der Waals surface area contributed by atoms with Gasteiger partial charge < -0.3 is 19.2 Å². The lowest BCUT2D eigenvalue weighted by atomic mass is 10.1. The highest BCUT2D eigenvalue weighted by molar-refractivity contribution is 5.98. The van der Waals surface area contributed by atoms with Gasteiger partial charge in [0.2, 0.25) is 0 Å². The van der Waals surface area contributed by atoms with Gasteiger partial charge in [-0.25, -0.2) is 4.79 Å². The summed E-state index contributed by atoms with van der Waals surface area (Å²) in [5.74, 6) is -0.960. The van der Waals surface area contributed by atoms with Gasteiger partial charge in [-0.3, -0.25) is 14.9 Å². The number of hydrogen-bond acceptors (Lipinski definition) is 6. The van der Waals surface area contributed by atoms with Crippen LogP contribution in [0.3, 0.4) is 0 Å². The molecule has 0 aliphatic carbocycles. The number of hydrogen-bond donors (Lipinski definition) is 1. The molecule has 0 bridgehead atoms. The molecule has 2 rings (SSSR count). The number of ether oxygens (including phenoxy) is 1. The monoisotopic (exact) mass is 348 g/mol. The fraction of sp³-hybridized carbons (Fsp3) is 0.250. The van der Waals surface area contributed by atoms with Crippen molar-refractivity contribution in [2.45, 2.75) is 13.5 Å². The normalized spacial score (nSPS) is 10.4. The molecule has 1 amide bonds. The summed E-state index contributed by atoms with van der Waals surface area (Å²) >= 11 is 0. The van der Waals surface area contributed by atoms with Crippen LogP contribution < -0.4 is 4.74 Å².